The Balaban J connectivity index is 2.38. The third kappa shape index (κ3) is 3.75. The molecule has 1 N–H and O–H groups in total. The Bertz CT molecular complexity index is 437. The van der Waals surface area contributed by atoms with Crippen LogP contribution in [0.4, 0.5) is 4.79 Å². The molecule has 0 fully saturated rings. The summed E-state index contributed by atoms with van der Waals surface area (Å²) < 4.78 is 5.98. The van der Waals surface area contributed by atoms with Crippen molar-refractivity contribution in [2.75, 3.05) is 13.2 Å². The average Bonchev–Trinajstić information content (AvgIpc) is 2.63. The molecule has 6 heteroatoms. The van der Waals surface area contributed by atoms with Crippen LogP contribution in [0.15, 0.2) is 18.7 Å². The minimum atomic E-state index is -0.509. The molecule has 1 amide bonds. The Morgan fingerprint density at radius 3 is 2.82 bits per heavy atom. The van der Waals surface area contributed by atoms with E-state index in [9.17, 15) is 9.59 Å². The molecule has 0 aliphatic carbocycles. The maximum Gasteiger partial charge on any atom is 0.342 e. The smallest absolute Gasteiger partial charge is 0.342 e. The van der Waals surface area contributed by atoms with E-state index in [0.29, 0.717) is 0 Å². The highest BCUT2D eigenvalue weighted by Gasteiger charge is 2.08. The molecule has 0 radical (unpaired) electrons. The van der Waals surface area contributed by atoms with Crippen molar-refractivity contribution in [2.24, 2.45) is 0 Å². The van der Waals surface area contributed by atoms with Gasteiger partial charge in [-0.2, -0.15) is 9.78 Å². The first kappa shape index (κ1) is 13.0. The molecule has 17 heavy (non-hydrogen) atoms. The summed E-state index contributed by atoms with van der Waals surface area (Å²) in [6, 6.07) is 1.46. The molecule has 1 aromatic rings. The van der Waals surface area contributed by atoms with E-state index in [1.54, 1.807) is 13.0 Å². The fourth-order valence-corrected chi connectivity index (χ4v) is 1.28. The zero-order chi connectivity index (χ0) is 12.8. The van der Waals surface area contributed by atoms with Crippen LogP contribution in [0, 0.1) is 13.8 Å². The minimum Gasteiger partial charge on any atom is -0.461 e. The number of ether oxygens (including phenoxy) is 1. The van der Waals surface area contributed by atoms with Crippen molar-refractivity contribution in [1.82, 2.24) is 15.1 Å². The number of amides is 1. The normalized spacial score (nSPS) is 9.76. The second-order valence-corrected chi connectivity index (χ2v) is 3.44. The molecule has 0 spiro atoms. The van der Waals surface area contributed by atoms with Gasteiger partial charge in [0.2, 0.25) is 0 Å². The summed E-state index contributed by atoms with van der Waals surface area (Å²) in [5.41, 5.74) is 1.53. The summed E-state index contributed by atoms with van der Waals surface area (Å²) in [4.78, 5) is 22.3. The number of rotatable bonds is 4. The van der Waals surface area contributed by atoms with Gasteiger partial charge in [0.25, 0.3) is 0 Å². The van der Waals surface area contributed by atoms with Crippen molar-refractivity contribution in [3.63, 3.8) is 0 Å². The number of hydrogen-bond acceptors (Lipinski definition) is 4. The molecule has 0 unspecified atom stereocenters. The molecule has 0 aromatic carbocycles. The quantitative estimate of drug-likeness (QED) is 0.477. The first-order valence-corrected chi connectivity index (χ1v) is 5.15. The summed E-state index contributed by atoms with van der Waals surface area (Å²) >= 11 is 0. The van der Waals surface area contributed by atoms with Crippen LogP contribution in [0.5, 0.6) is 0 Å². The molecule has 0 saturated heterocycles. The van der Waals surface area contributed by atoms with Crippen LogP contribution in [0.1, 0.15) is 11.4 Å². The van der Waals surface area contributed by atoms with Gasteiger partial charge in [-0.3, -0.25) is 0 Å². The van der Waals surface area contributed by atoms with Crippen LogP contribution in [0.2, 0.25) is 0 Å². The van der Waals surface area contributed by atoms with E-state index in [1.165, 1.54) is 4.68 Å². The van der Waals surface area contributed by atoms with Gasteiger partial charge < -0.3 is 10.1 Å². The fraction of sp³-hybridized carbons (Fsp3) is 0.364. The molecule has 1 aromatic heterocycles. The average molecular weight is 237 g/mol. The summed E-state index contributed by atoms with van der Waals surface area (Å²) in [5, 5.41) is 6.60. The number of nitrogens with one attached hydrogen (secondary N) is 1. The highest BCUT2D eigenvalue weighted by Crippen LogP contribution is 2.00. The van der Waals surface area contributed by atoms with E-state index in [0.717, 1.165) is 17.5 Å². The Labute approximate surface area is 99.3 Å². The van der Waals surface area contributed by atoms with Crippen molar-refractivity contribution in [2.45, 2.75) is 13.8 Å². The third-order valence-corrected chi connectivity index (χ3v) is 1.99. The van der Waals surface area contributed by atoms with Crippen molar-refractivity contribution >= 4 is 12.0 Å². The number of aromatic nitrogens is 2. The molecule has 0 bridgehead atoms. The van der Waals surface area contributed by atoms with E-state index in [4.69, 9.17) is 4.74 Å². The molecule has 92 valence electrons. The van der Waals surface area contributed by atoms with E-state index >= 15 is 0 Å². The van der Waals surface area contributed by atoms with E-state index in [-0.39, 0.29) is 19.2 Å². The predicted molar refractivity (Wildman–Crippen MR) is 61.7 cm³/mol. The maximum absolute atomic E-state index is 11.6. The Morgan fingerprint density at radius 2 is 2.29 bits per heavy atom. The van der Waals surface area contributed by atoms with Gasteiger partial charge in [0, 0.05) is 11.8 Å². The largest absolute Gasteiger partial charge is 0.461 e. The molecule has 1 rings (SSSR count). The second-order valence-electron chi connectivity index (χ2n) is 3.44. The fourth-order valence-electron chi connectivity index (χ4n) is 1.28. The molecule has 1 heterocycles. The van der Waals surface area contributed by atoms with E-state index in [2.05, 4.69) is 17.0 Å². The standard InChI is InChI=1S/C11H15N3O3/c1-4-10(15)17-6-5-12-11(16)14-9(3)7-8(2)13-14/h4,7H,1,5-6H2,2-3H3,(H,12,16). The highest BCUT2D eigenvalue weighted by atomic mass is 16.5. The molecule has 0 aliphatic heterocycles. The van der Waals surface area contributed by atoms with Crippen molar-refractivity contribution in [3.05, 3.63) is 30.1 Å². The van der Waals surface area contributed by atoms with E-state index in [1.807, 2.05) is 6.92 Å². The number of nitrogens with zero attached hydrogens (tertiary/aromatic N) is 2. The lowest BCUT2D eigenvalue weighted by atomic mass is 10.4. The number of carbonyl (C=O) groups excluding carboxylic acids is 2. The number of esters is 1. The Hall–Kier alpha value is -2.11. The second kappa shape index (κ2) is 5.83. The third-order valence-electron chi connectivity index (χ3n) is 1.99. The van der Waals surface area contributed by atoms with Gasteiger partial charge in [-0.15, -0.1) is 0 Å². The van der Waals surface area contributed by atoms with Crippen molar-refractivity contribution in [1.29, 1.82) is 0 Å². The van der Waals surface area contributed by atoms with Gasteiger partial charge >= 0.3 is 12.0 Å². The van der Waals surface area contributed by atoms with Crippen molar-refractivity contribution < 1.29 is 14.3 Å². The number of aryl methyl sites for hydroxylation is 2. The van der Waals surface area contributed by atoms with E-state index < -0.39 is 5.97 Å². The van der Waals surface area contributed by atoms with Gasteiger partial charge in [-0.1, -0.05) is 6.58 Å². The van der Waals surface area contributed by atoms with Gasteiger partial charge in [0.1, 0.15) is 6.61 Å². The molecule has 0 aliphatic rings. The summed E-state index contributed by atoms with van der Waals surface area (Å²) in [7, 11) is 0. The number of carbonyl (C=O) groups is 2. The van der Waals surface area contributed by atoms with Crippen LogP contribution in [-0.4, -0.2) is 34.9 Å². The Kier molecular flexibility index (Phi) is 4.45. The zero-order valence-corrected chi connectivity index (χ0v) is 9.90. The molecule has 0 saturated carbocycles. The summed E-state index contributed by atoms with van der Waals surface area (Å²) in [6.45, 7) is 7.20. The van der Waals surface area contributed by atoms with Crippen molar-refractivity contribution in [3.8, 4) is 0 Å². The van der Waals surface area contributed by atoms with Crippen LogP contribution >= 0.6 is 0 Å². The van der Waals surface area contributed by atoms with Gasteiger partial charge in [-0.25, -0.2) is 9.59 Å². The molecular formula is C11H15N3O3. The SMILES string of the molecule is C=CC(=O)OCCNC(=O)n1nc(C)cc1C. The summed E-state index contributed by atoms with van der Waals surface area (Å²) in [6.07, 6.45) is 1.07. The minimum absolute atomic E-state index is 0.107. The molecule has 0 atom stereocenters. The first-order chi connectivity index (χ1) is 8.04. The van der Waals surface area contributed by atoms with Crippen LogP contribution in [0.3, 0.4) is 0 Å². The first-order valence-electron chi connectivity index (χ1n) is 5.15. The number of hydrogen-bond donors (Lipinski definition) is 1. The lowest BCUT2D eigenvalue weighted by Gasteiger charge is -2.06. The van der Waals surface area contributed by atoms with Crippen LogP contribution in [0.25, 0.3) is 0 Å². The monoisotopic (exact) mass is 237 g/mol. The van der Waals surface area contributed by atoms with Gasteiger partial charge in [0.05, 0.1) is 12.2 Å². The van der Waals surface area contributed by atoms with Crippen LogP contribution in [-0.2, 0) is 9.53 Å². The summed E-state index contributed by atoms with van der Waals surface area (Å²) in [5.74, 6) is -0.509. The zero-order valence-electron chi connectivity index (χ0n) is 9.90. The van der Waals surface area contributed by atoms with Gasteiger partial charge in [-0.05, 0) is 19.9 Å². The topological polar surface area (TPSA) is 73.2 Å². The van der Waals surface area contributed by atoms with Crippen LogP contribution < -0.4 is 5.32 Å². The lowest BCUT2D eigenvalue weighted by Crippen LogP contribution is -2.33. The lowest BCUT2D eigenvalue weighted by molar-refractivity contribution is -0.137. The van der Waals surface area contributed by atoms with Gasteiger partial charge in [0.15, 0.2) is 0 Å². The highest BCUT2D eigenvalue weighted by molar-refractivity contribution is 5.81. The molecular weight excluding hydrogens is 222 g/mol. The maximum atomic E-state index is 11.6. The molecule has 6 nitrogen and oxygen atoms in total. The predicted octanol–water partition coefficient (Wildman–Crippen LogP) is 0.787. The Morgan fingerprint density at radius 1 is 1.59 bits per heavy atom.